The number of rotatable bonds is 3. The highest BCUT2D eigenvalue weighted by molar-refractivity contribution is 5.19. The van der Waals surface area contributed by atoms with Gasteiger partial charge >= 0.3 is 0 Å². The normalized spacial score (nSPS) is 22.8. The molecule has 2 heterocycles. The number of β-amino-alcohol motifs (C(OH)–C–C–N with tert-alkyl or cyclic N) is 1. The highest BCUT2D eigenvalue weighted by atomic mass is 19.1. The third kappa shape index (κ3) is 2.80. The van der Waals surface area contributed by atoms with Crippen LogP contribution in [0.5, 0.6) is 0 Å². The van der Waals surface area contributed by atoms with Gasteiger partial charge in [0.2, 0.25) is 5.89 Å². The van der Waals surface area contributed by atoms with Crippen molar-refractivity contribution in [2.75, 3.05) is 6.54 Å². The number of nitrogens with one attached hydrogen (secondary N) is 1. The molecule has 0 aliphatic carbocycles. The van der Waals surface area contributed by atoms with Gasteiger partial charge in [0.15, 0.2) is 5.82 Å². The summed E-state index contributed by atoms with van der Waals surface area (Å²) in [5.41, 5.74) is 0.798. The van der Waals surface area contributed by atoms with Crippen molar-refractivity contribution in [2.24, 2.45) is 0 Å². The Hall–Kier alpha value is -1.79. The van der Waals surface area contributed by atoms with E-state index in [4.69, 9.17) is 4.52 Å². The van der Waals surface area contributed by atoms with Crippen LogP contribution in [0.2, 0.25) is 0 Å². The Morgan fingerprint density at radius 1 is 1.47 bits per heavy atom. The highest BCUT2D eigenvalue weighted by Crippen LogP contribution is 2.22. The van der Waals surface area contributed by atoms with Crippen molar-refractivity contribution >= 4 is 0 Å². The van der Waals surface area contributed by atoms with Gasteiger partial charge in [0.25, 0.3) is 0 Å². The Morgan fingerprint density at radius 3 is 3.11 bits per heavy atom. The molecule has 0 amide bonds. The summed E-state index contributed by atoms with van der Waals surface area (Å²) in [5.74, 6) is 0.716. The van der Waals surface area contributed by atoms with E-state index in [1.165, 1.54) is 12.1 Å². The van der Waals surface area contributed by atoms with Crippen LogP contribution in [0.15, 0.2) is 28.8 Å². The van der Waals surface area contributed by atoms with Crippen LogP contribution in [0.3, 0.4) is 0 Å². The Labute approximate surface area is 109 Å². The first-order valence-electron chi connectivity index (χ1n) is 6.19. The van der Waals surface area contributed by atoms with Gasteiger partial charge in [-0.15, -0.1) is 0 Å². The minimum atomic E-state index is -0.372. The number of halogens is 1. The average molecular weight is 263 g/mol. The number of nitrogens with zero attached hydrogens (tertiary/aromatic N) is 2. The summed E-state index contributed by atoms with van der Waals surface area (Å²) in [6.07, 6.45) is 0.626. The van der Waals surface area contributed by atoms with E-state index in [0.717, 1.165) is 5.56 Å². The fourth-order valence-corrected chi connectivity index (χ4v) is 2.22. The third-order valence-electron chi connectivity index (χ3n) is 3.14. The first-order chi connectivity index (χ1) is 9.20. The van der Waals surface area contributed by atoms with Gasteiger partial charge in [-0.3, -0.25) is 0 Å². The molecule has 5 nitrogen and oxygen atoms in total. The summed E-state index contributed by atoms with van der Waals surface area (Å²) in [7, 11) is 0. The Balaban J connectivity index is 1.71. The molecule has 0 radical (unpaired) electrons. The number of hydrogen-bond acceptors (Lipinski definition) is 5. The summed E-state index contributed by atoms with van der Waals surface area (Å²) in [5, 5.41) is 16.4. The largest absolute Gasteiger partial charge is 0.392 e. The van der Waals surface area contributed by atoms with Crippen LogP contribution >= 0.6 is 0 Å². The zero-order chi connectivity index (χ0) is 13.2. The van der Waals surface area contributed by atoms with Gasteiger partial charge in [-0.1, -0.05) is 17.3 Å². The Morgan fingerprint density at radius 2 is 2.37 bits per heavy atom. The average Bonchev–Trinajstić information content (AvgIpc) is 2.98. The lowest BCUT2D eigenvalue weighted by Gasteiger charge is -2.01. The maximum absolute atomic E-state index is 13.1. The molecule has 1 saturated heterocycles. The van der Waals surface area contributed by atoms with Crippen LogP contribution in [-0.4, -0.2) is 27.9 Å². The molecule has 2 atom stereocenters. The smallest absolute Gasteiger partial charge is 0.243 e. The van der Waals surface area contributed by atoms with Crippen molar-refractivity contribution in [1.29, 1.82) is 0 Å². The van der Waals surface area contributed by atoms with Gasteiger partial charge < -0.3 is 14.9 Å². The lowest BCUT2D eigenvalue weighted by Crippen LogP contribution is -2.15. The summed E-state index contributed by atoms with van der Waals surface area (Å²) >= 11 is 0. The summed E-state index contributed by atoms with van der Waals surface area (Å²) in [6, 6.07) is 6.23. The molecule has 100 valence electrons. The molecular formula is C13H14FN3O2. The van der Waals surface area contributed by atoms with E-state index in [2.05, 4.69) is 15.5 Å². The molecule has 0 bridgehead atoms. The minimum Gasteiger partial charge on any atom is -0.392 e. The zero-order valence-corrected chi connectivity index (χ0v) is 10.2. The van der Waals surface area contributed by atoms with Gasteiger partial charge in [-0.25, -0.2) is 4.39 Å². The van der Waals surface area contributed by atoms with Gasteiger partial charge in [-0.05, 0) is 24.1 Å². The predicted molar refractivity (Wildman–Crippen MR) is 64.9 cm³/mol. The first kappa shape index (κ1) is 12.3. The van der Waals surface area contributed by atoms with E-state index in [1.54, 1.807) is 6.07 Å². The number of aliphatic hydroxyl groups excluding tert-OH is 1. The lowest BCUT2D eigenvalue weighted by molar-refractivity contribution is 0.191. The third-order valence-corrected chi connectivity index (χ3v) is 3.14. The van der Waals surface area contributed by atoms with Crippen LogP contribution in [-0.2, 0) is 6.42 Å². The van der Waals surface area contributed by atoms with E-state index < -0.39 is 0 Å². The van der Waals surface area contributed by atoms with E-state index in [1.807, 2.05) is 6.07 Å². The van der Waals surface area contributed by atoms with Crippen molar-refractivity contribution in [3.05, 3.63) is 47.4 Å². The lowest BCUT2D eigenvalue weighted by atomic mass is 10.1. The zero-order valence-electron chi connectivity index (χ0n) is 10.2. The number of aromatic nitrogens is 2. The van der Waals surface area contributed by atoms with Crippen molar-refractivity contribution in [2.45, 2.75) is 25.0 Å². The van der Waals surface area contributed by atoms with Crippen molar-refractivity contribution < 1.29 is 14.0 Å². The molecule has 1 aliphatic heterocycles. The van der Waals surface area contributed by atoms with E-state index in [-0.39, 0.29) is 18.0 Å². The molecule has 6 heteroatoms. The van der Waals surface area contributed by atoms with Crippen molar-refractivity contribution in [1.82, 2.24) is 15.5 Å². The van der Waals surface area contributed by atoms with Crippen LogP contribution < -0.4 is 5.32 Å². The number of hydrogen-bond donors (Lipinski definition) is 2. The fourth-order valence-electron chi connectivity index (χ4n) is 2.22. The Kier molecular flexibility index (Phi) is 3.27. The van der Waals surface area contributed by atoms with E-state index in [0.29, 0.717) is 31.1 Å². The summed E-state index contributed by atoms with van der Waals surface area (Å²) in [6.45, 7) is 0.534. The monoisotopic (exact) mass is 263 g/mol. The molecule has 2 N–H and O–H groups in total. The second-order valence-corrected chi connectivity index (χ2v) is 4.71. The van der Waals surface area contributed by atoms with Crippen molar-refractivity contribution in [3.63, 3.8) is 0 Å². The topological polar surface area (TPSA) is 71.2 Å². The molecule has 1 aromatic heterocycles. The molecule has 2 unspecified atom stereocenters. The molecular weight excluding hydrogens is 249 g/mol. The van der Waals surface area contributed by atoms with Crippen molar-refractivity contribution in [3.8, 4) is 0 Å². The second kappa shape index (κ2) is 5.07. The van der Waals surface area contributed by atoms with Gasteiger partial charge in [-0.2, -0.15) is 4.98 Å². The second-order valence-electron chi connectivity index (χ2n) is 4.71. The molecule has 19 heavy (non-hydrogen) atoms. The van der Waals surface area contributed by atoms with Gasteiger partial charge in [0.1, 0.15) is 5.82 Å². The van der Waals surface area contributed by atoms with Crippen LogP contribution in [0.25, 0.3) is 0 Å². The molecule has 0 saturated carbocycles. The maximum atomic E-state index is 13.1. The highest BCUT2D eigenvalue weighted by Gasteiger charge is 2.28. The van der Waals surface area contributed by atoms with E-state index >= 15 is 0 Å². The first-order valence-corrected chi connectivity index (χ1v) is 6.19. The van der Waals surface area contributed by atoms with E-state index in [9.17, 15) is 9.50 Å². The van der Waals surface area contributed by atoms with Crippen LogP contribution in [0, 0.1) is 5.82 Å². The Bertz CT molecular complexity index is 573. The van der Waals surface area contributed by atoms with Gasteiger partial charge in [0, 0.05) is 13.0 Å². The standard InChI is InChI=1S/C13H14FN3O2/c14-9-3-1-2-8(4-9)5-12-16-13(19-17-12)11-6-10(18)7-15-11/h1-4,10-11,15,18H,5-7H2. The van der Waals surface area contributed by atoms with Crippen LogP contribution in [0.4, 0.5) is 4.39 Å². The maximum Gasteiger partial charge on any atom is 0.243 e. The van der Waals surface area contributed by atoms with Gasteiger partial charge in [0.05, 0.1) is 12.1 Å². The quantitative estimate of drug-likeness (QED) is 0.870. The SMILES string of the molecule is OC1CNC(c2nc(Cc3cccc(F)c3)no2)C1. The summed E-state index contributed by atoms with van der Waals surface area (Å²) in [4.78, 5) is 4.28. The molecule has 3 rings (SSSR count). The minimum absolute atomic E-state index is 0.0937. The predicted octanol–water partition coefficient (Wildman–Crippen LogP) is 1.19. The fraction of sp³-hybridized carbons (Fsp3) is 0.385. The molecule has 2 aromatic rings. The molecule has 1 fully saturated rings. The number of aliphatic hydroxyl groups is 1. The molecule has 1 aliphatic rings. The number of benzene rings is 1. The summed E-state index contributed by atoms with van der Waals surface area (Å²) < 4.78 is 18.2. The van der Waals surface area contributed by atoms with Crippen LogP contribution in [0.1, 0.15) is 29.7 Å². The molecule has 1 aromatic carbocycles. The molecule has 0 spiro atoms.